The predicted octanol–water partition coefficient (Wildman–Crippen LogP) is 8.18. The van der Waals surface area contributed by atoms with Crippen LogP contribution in [0.5, 0.6) is 0 Å². The summed E-state index contributed by atoms with van der Waals surface area (Å²) in [6, 6.07) is 0. The van der Waals surface area contributed by atoms with Gasteiger partial charge in [0.25, 0.3) is 14.3 Å². The lowest BCUT2D eigenvalue weighted by Crippen LogP contribution is -2.42. The topological polar surface area (TPSA) is 26.3 Å². The molecule has 0 saturated carbocycles. The first-order valence-corrected chi connectivity index (χ1v) is 14.0. The second kappa shape index (κ2) is 14.5. The molecule has 2 nitrogen and oxygen atoms in total. The third-order valence-corrected chi connectivity index (χ3v) is 9.92. The maximum Gasteiger partial charge on any atom is 0.292 e. The third kappa shape index (κ3) is 13.6. The van der Waals surface area contributed by atoms with Crippen LogP contribution in [0, 0.1) is 0 Å². The molecular formula is C23H46O2Si. The van der Waals surface area contributed by atoms with Crippen molar-refractivity contribution >= 4 is 14.3 Å². The molecule has 0 amide bonds. The van der Waals surface area contributed by atoms with E-state index in [4.69, 9.17) is 4.43 Å². The zero-order valence-corrected chi connectivity index (χ0v) is 19.7. The lowest BCUT2D eigenvalue weighted by atomic mass is 10.1. The summed E-state index contributed by atoms with van der Waals surface area (Å²) in [5.41, 5.74) is 0. The molecule has 0 aromatic carbocycles. The van der Waals surface area contributed by atoms with Crippen LogP contribution < -0.4 is 0 Å². The normalized spacial score (nSPS) is 12.7. The summed E-state index contributed by atoms with van der Waals surface area (Å²) in [5.74, 6) is 0.0145. The fourth-order valence-electron chi connectivity index (χ4n) is 2.65. The number of unbranched alkanes of at least 4 members (excludes halogenated alkanes) is 10. The number of carbonyl (C=O) groups excluding carboxylic acids is 1. The molecule has 0 unspecified atom stereocenters. The first-order valence-electron chi connectivity index (χ1n) is 11.1. The number of hydrogen-bond donors (Lipinski definition) is 0. The highest BCUT2D eigenvalue weighted by Gasteiger charge is 2.40. The Morgan fingerprint density at radius 2 is 1.27 bits per heavy atom. The van der Waals surface area contributed by atoms with Crippen molar-refractivity contribution in [3.05, 3.63) is 12.2 Å². The number of hydrogen-bond acceptors (Lipinski definition) is 2. The van der Waals surface area contributed by atoms with E-state index in [9.17, 15) is 4.79 Å². The van der Waals surface area contributed by atoms with Crippen molar-refractivity contribution in [3.63, 3.8) is 0 Å². The van der Waals surface area contributed by atoms with Gasteiger partial charge in [-0.2, -0.15) is 0 Å². The van der Waals surface area contributed by atoms with Gasteiger partial charge in [0.1, 0.15) is 0 Å². The summed E-state index contributed by atoms with van der Waals surface area (Å²) in [7, 11) is -1.93. The SMILES string of the molecule is CCCCCC/C=C\CCCCCCCCC(=O)O[Si](C)(C)C(C)(C)C. The van der Waals surface area contributed by atoms with Crippen molar-refractivity contribution in [3.8, 4) is 0 Å². The molecule has 0 rings (SSSR count). The summed E-state index contributed by atoms with van der Waals surface area (Å²) in [6.07, 6.45) is 20.5. The van der Waals surface area contributed by atoms with Crippen molar-refractivity contribution in [2.75, 3.05) is 0 Å². The van der Waals surface area contributed by atoms with E-state index < -0.39 is 8.32 Å². The second-order valence-corrected chi connectivity index (χ2v) is 13.9. The Bertz CT molecular complexity index is 380. The van der Waals surface area contributed by atoms with Crippen LogP contribution in [0.25, 0.3) is 0 Å². The molecule has 3 heteroatoms. The molecule has 0 fully saturated rings. The van der Waals surface area contributed by atoms with Crippen molar-refractivity contribution in [2.45, 2.75) is 129 Å². The molecule has 154 valence electrons. The molecule has 0 bridgehead atoms. The monoisotopic (exact) mass is 382 g/mol. The van der Waals surface area contributed by atoms with Crippen LogP contribution in [0.15, 0.2) is 12.2 Å². The van der Waals surface area contributed by atoms with Gasteiger partial charge < -0.3 is 4.43 Å². The Balaban J connectivity index is 3.48. The first-order chi connectivity index (χ1) is 12.2. The molecule has 0 aliphatic heterocycles. The number of carbonyl (C=O) groups is 1. The highest BCUT2D eigenvalue weighted by molar-refractivity contribution is 6.75. The van der Waals surface area contributed by atoms with Crippen LogP contribution >= 0.6 is 0 Å². The molecule has 0 aliphatic carbocycles. The van der Waals surface area contributed by atoms with Crippen LogP contribution in [0.2, 0.25) is 18.1 Å². The van der Waals surface area contributed by atoms with Gasteiger partial charge in [-0.15, -0.1) is 0 Å². The quantitative estimate of drug-likeness (QED) is 0.162. The minimum absolute atomic E-state index is 0.0145. The molecule has 0 radical (unpaired) electrons. The van der Waals surface area contributed by atoms with Gasteiger partial charge >= 0.3 is 0 Å². The molecule has 0 aromatic heterocycles. The third-order valence-electron chi connectivity index (χ3n) is 5.57. The van der Waals surface area contributed by atoms with Crippen molar-refractivity contribution in [1.82, 2.24) is 0 Å². The van der Waals surface area contributed by atoms with Gasteiger partial charge in [-0.1, -0.05) is 84.8 Å². The maximum absolute atomic E-state index is 12.0. The minimum Gasteiger partial charge on any atom is -0.519 e. The average molecular weight is 383 g/mol. The standard InChI is InChI=1S/C23H46O2Si/c1-7-8-9-10-11-12-13-14-15-16-17-18-19-20-21-22(24)25-26(5,6)23(2,3)4/h12-13H,7-11,14-21H2,1-6H3/b13-12-. The molecule has 0 heterocycles. The first kappa shape index (κ1) is 25.4. The Morgan fingerprint density at radius 1 is 0.808 bits per heavy atom. The lowest BCUT2D eigenvalue weighted by molar-refractivity contribution is -0.135. The Kier molecular flexibility index (Phi) is 14.2. The van der Waals surface area contributed by atoms with Gasteiger partial charge in [0.15, 0.2) is 0 Å². The van der Waals surface area contributed by atoms with Gasteiger partial charge in [-0.05, 0) is 50.2 Å². The van der Waals surface area contributed by atoms with E-state index in [1.807, 2.05) is 0 Å². The highest BCUT2D eigenvalue weighted by Crippen LogP contribution is 2.36. The Hall–Kier alpha value is -0.573. The zero-order valence-electron chi connectivity index (χ0n) is 18.7. The van der Waals surface area contributed by atoms with Crippen molar-refractivity contribution in [2.24, 2.45) is 0 Å². The van der Waals surface area contributed by atoms with E-state index in [1.54, 1.807) is 0 Å². The summed E-state index contributed by atoms with van der Waals surface area (Å²) in [4.78, 5) is 12.0. The van der Waals surface area contributed by atoms with Crippen LogP contribution in [-0.4, -0.2) is 14.3 Å². The fourth-order valence-corrected chi connectivity index (χ4v) is 3.63. The van der Waals surface area contributed by atoms with Gasteiger partial charge in [-0.25, -0.2) is 0 Å². The van der Waals surface area contributed by atoms with Crippen molar-refractivity contribution < 1.29 is 9.22 Å². The van der Waals surface area contributed by atoms with Crippen LogP contribution in [0.3, 0.4) is 0 Å². The largest absolute Gasteiger partial charge is 0.519 e. The van der Waals surface area contributed by atoms with Crippen LogP contribution in [-0.2, 0) is 9.22 Å². The van der Waals surface area contributed by atoms with E-state index >= 15 is 0 Å². The molecule has 0 atom stereocenters. The van der Waals surface area contributed by atoms with E-state index in [2.05, 4.69) is 52.9 Å². The average Bonchev–Trinajstić information content (AvgIpc) is 2.53. The number of allylic oxidation sites excluding steroid dienone is 2. The number of rotatable bonds is 15. The van der Waals surface area contributed by atoms with Crippen LogP contribution in [0.4, 0.5) is 0 Å². The van der Waals surface area contributed by atoms with E-state index in [-0.39, 0.29) is 11.0 Å². The Morgan fingerprint density at radius 3 is 1.77 bits per heavy atom. The molecular weight excluding hydrogens is 336 g/mol. The summed E-state index contributed by atoms with van der Waals surface area (Å²) >= 11 is 0. The molecule has 0 aliphatic rings. The van der Waals surface area contributed by atoms with Crippen LogP contribution in [0.1, 0.15) is 111 Å². The fraction of sp³-hybridized carbons (Fsp3) is 0.870. The van der Waals surface area contributed by atoms with E-state index in [0.717, 1.165) is 12.8 Å². The smallest absolute Gasteiger partial charge is 0.292 e. The second-order valence-electron chi connectivity index (χ2n) is 9.22. The lowest BCUT2D eigenvalue weighted by Gasteiger charge is -2.35. The molecule has 0 spiro atoms. The molecule has 0 aromatic rings. The summed E-state index contributed by atoms with van der Waals surface area (Å²) in [6.45, 7) is 13.1. The zero-order chi connectivity index (χ0) is 19.9. The summed E-state index contributed by atoms with van der Waals surface area (Å²) < 4.78 is 5.81. The maximum atomic E-state index is 12.0. The minimum atomic E-state index is -1.93. The highest BCUT2D eigenvalue weighted by atomic mass is 28.4. The van der Waals surface area contributed by atoms with Gasteiger partial charge in [0.05, 0.1) is 0 Å². The molecule has 0 N–H and O–H groups in total. The van der Waals surface area contributed by atoms with Gasteiger partial charge in [0, 0.05) is 6.42 Å². The van der Waals surface area contributed by atoms with E-state index in [0.29, 0.717) is 6.42 Å². The molecule has 26 heavy (non-hydrogen) atoms. The van der Waals surface area contributed by atoms with Crippen molar-refractivity contribution in [1.29, 1.82) is 0 Å². The van der Waals surface area contributed by atoms with Gasteiger partial charge in [0.2, 0.25) is 0 Å². The molecule has 0 saturated heterocycles. The Labute approximate surface area is 165 Å². The summed E-state index contributed by atoms with van der Waals surface area (Å²) in [5, 5.41) is 0.104. The van der Waals surface area contributed by atoms with Gasteiger partial charge in [-0.3, -0.25) is 4.79 Å². The van der Waals surface area contributed by atoms with E-state index in [1.165, 1.54) is 64.2 Å². The predicted molar refractivity (Wildman–Crippen MR) is 118 cm³/mol.